The molecule has 0 bridgehead atoms. The highest BCUT2D eigenvalue weighted by atomic mass is 79.9. The first-order chi connectivity index (χ1) is 10.0. The van der Waals surface area contributed by atoms with Crippen molar-refractivity contribution in [2.45, 2.75) is 18.4 Å². The van der Waals surface area contributed by atoms with E-state index in [1.54, 1.807) is 30.7 Å². The summed E-state index contributed by atoms with van der Waals surface area (Å²) in [6, 6.07) is 5.09. The SMILES string of the molecule is CCNc1ncc(Br)cc1S(=O)(=O)NCc1cccnc1. The smallest absolute Gasteiger partial charge is 0.244 e. The van der Waals surface area contributed by atoms with Gasteiger partial charge in [0.15, 0.2) is 0 Å². The van der Waals surface area contributed by atoms with Crippen molar-refractivity contribution in [1.82, 2.24) is 14.7 Å². The third kappa shape index (κ3) is 4.23. The largest absolute Gasteiger partial charge is 0.369 e. The van der Waals surface area contributed by atoms with Crippen molar-refractivity contribution >= 4 is 31.8 Å². The zero-order valence-corrected chi connectivity index (χ0v) is 13.8. The second-order valence-electron chi connectivity index (χ2n) is 4.22. The van der Waals surface area contributed by atoms with Gasteiger partial charge in [0.25, 0.3) is 0 Å². The number of hydrogen-bond acceptors (Lipinski definition) is 5. The molecule has 0 unspecified atom stereocenters. The van der Waals surface area contributed by atoms with Gasteiger partial charge in [0, 0.05) is 36.2 Å². The van der Waals surface area contributed by atoms with E-state index in [9.17, 15) is 8.42 Å². The minimum Gasteiger partial charge on any atom is -0.369 e. The first-order valence-electron chi connectivity index (χ1n) is 6.31. The van der Waals surface area contributed by atoms with E-state index < -0.39 is 10.0 Å². The molecule has 0 atom stereocenters. The number of nitrogens with zero attached hydrogens (tertiary/aromatic N) is 2. The van der Waals surface area contributed by atoms with Crippen LogP contribution in [0.1, 0.15) is 12.5 Å². The van der Waals surface area contributed by atoms with Crippen molar-refractivity contribution in [3.63, 3.8) is 0 Å². The van der Waals surface area contributed by atoms with Gasteiger partial charge in [-0.15, -0.1) is 0 Å². The van der Waals surface area contributed by atoms with Gasteiger partial charge in [-0.2, -0.15) is 0 Å². The Labute approximate surface area is 132 Å². The maximum atomic E-state index is 12.4. The average Bonchev–Trinajstić information content (AvgIpc) is 2.48. The minimum atomic E-state index is -3.67. The lowest BCUT2D eigenvalue weighted by molar-refractivity contribution is 0.581. The topological polar surface area (TPSA) is 84.0 Å². The predicted octanol–water partition coefficient (Wildman–Crippen LogP) is 2.15. The summed E-state index contributed by atoms with van der Waals surface area (Å²) in [5.74, 6) is 0.333. The van der Waals surface area contributed by atoms with Crippen LogP contribution in [-0.4, -0.2) is 24.9 Å². The third-order valence-electron chi connectivity index (χ3n) is 2.64. The van der Waals surface area contributed by atoms with Gasteiger partial charge in [0.05, 0.1) is 0 Å². The molecule has 0 amide bonds. The molecule has 2 rings (SSSR count). The molecule has 0 saturated heterocycles. The molecule has 0 saturated carbocycles. The zero-order valence-electron chi connectivity index (χ0n) is 11.4. The highest BCUT2D eigenvalue weighted by Crippen LogP contribution is 2.22. The molecule has 112 valence electrons. The highest BCUT2D eigenvalue weighted by Gasteiger charge is 2.19. The number of halogens is 1. The van der Waals surface area contributed by atoms with Crippen LogP contribution in [0, 0.1) is 0 Å². The van der Waals surface area contributed by atoms with Crippen molar-refractivity contribution < 1.29 is 8.42 Å². The number of sulfonamides is 1. The predicted molar refractivity (Wildman–Crippen MR) is 84.4 cm³/mol. The first-order valence-corrected chi connectivity index (χ1v) is 8.58. The lowest BCUT2D eigenvalue weighted by atomic mass is 10.3. The highest BCUT2D eigenvalue weighted by molar-refractivity contribution is 9.10. The Bertz CT molecular complexity index is 707. The molecule has 0 aliphatic heterocycles. The summed E-state index contributed by atoms with van der Waals surface area (Å²) in [6.45, 7) is 2.64. The van der Waals surface area contributed by atoms with Crippen LogP contribution in [0.25, 0.3) is 0 Å². The van der Waals surface area contributed by atoms with Crippen LogP contribution >= 0.6 is 15.9 Å². The van der Waals surface area contributed by atoms with Gasteiger partial charge in [-0.3, -0.25) is 4.98 Å². The van der Waals surface area contributed by atoms with E-state index in [1.165, 1.54) is 6.07 Å². The Hall–Kier alpha value is -1.51. The molecule has 0 aliphatic rings. The fourth-order valence-electron chi connectivity index (χ4n) is 1.68. The molecule has 0 aromatic carbocycles. The Morgan fingerprint density at radius 3 is 2.81 bits per heavy atom. The van der Waals surface area contributed by atoms with E-state index in [0.717, 1.165) is 5.56 Å². The lowest BCUT2D eigenvalue weighted by Gasteiger charge is -2.11. The average molecular weight is 371 g/mol. The van der Waals surface area contributed by atoms with Gasteiger partial charge < -0.3 is 5.32 Å². The lowest BCUT2D eigenvalue weighted by Crippen LogP contribution is -2.24. The summed E-state index contributed by atoms with van der Waals surface area (Å²) >= 11 is 3.24. The molecule has 2 N–H and O–H groups in total. The van der Waals surface area contributed by atoms with Gasteiger partial charge in [-0.25, -0.2) is 18.1 Å². The normalized spacial score (nSPS) is 11.3. The van der Waals surface area contributed by atoms with Crippen molar-refractivity contribution in [2.75, 3.05) is 11.9 Å². The molecule has 8 heteroatoms. The summed E-state index contributed by atoms with van der Waals surface area (Å²) in [4.78, 5) is 8.17. The van der Waals surface area contributed by atoms with Crippen molar-refractivity contribution in [2.24, 2.45) is 0 Å². The molecule has 0 spiro atoms. The third-order valence-corrected chi connectivity index (χ3v) is 4.49. The number of pyridine rings is 2. The summed E-state index contributed by atoms with van der Waals surface area (Å²) in [5, 5.41) is 2.94. The van der Waals surface area contributed by atoms with Crippen LogP contribution in [0.4, 0.5) is 5.82 Å². The van der Waals surface area contributed by atoms with Crippen molar-refractivity contribution in [3.05, 3.63) is 46.8 Å². The number of hydrogen-bond donors (Lipinski definition) is 2. The summed E-state index contributed by atoms with van der Waals surface area (Å²) in [6.07, 6.45) is 4.81. The molecule has 6 nitrogen and oxygen atoms in total. The molecule has 0 fully saturated rings. The molecular weight excluding hydrogens is 356 g/mol. The van der Waals surface area contributed by atoms with Crippen LogP contribution in [0.3, 0.4) is 0 Å². The van der Waals surface area contributed by atoms with E-state index in [1.807, 2.05) is 6.92 Å². The van der Waals surface area contributed by atoms with Crippen LogP contribution in [0.15, 0.2) is 46.2 Å². The standard InChI is InChI=1S/C13H15BrN4O2S/c1-2-16-13-12(6-11(14)9-17-13)21(19,20)18-8-10-4-3-5-15-7-10/h3-7,9,18H,2,8H2,1H3,(H,16,17). The quantitative estimate of drug-likeness (QED) is 0.813. The minimum absolute atomic E-state index is 0.114. The Morgan fingerprint density at radius 1 is 1.33 bits per heavy atom. The summed E-state index contributed by atoms with van der Waals surface area (Å²) in [7, 11) is -3.67. The molecule has 2 aromatic rings. The Balaban J connectivity index is 2.24. The molecule has 0 aliphatic carbocycles. The van der Waals surface area contributed by atoms with Crippen LogP contribution in [0.2, 0.25) is 0 Å². The maximum Gasteiger partial charge on any atom is 0.244 e. The van der Waals surface area contributed by atoms with E-state index >= 15 is 0 Å². The molecule has 0 radical (unpaired) electrons. The second kappa shape index (κ2) is 6.97. The van der Waals surface area contributed by atoms with Crippen molar-refractivity contribution in [3.8, 4) is 0 Å². The molecule has 2 aromatic heterocycles. The monoisotopic (exact) mass is 370 g/mol. The Kier molecular flexibility index (Phi) is 5.27. The zero-order chi connectivity index (χ0) is 15.3. The van der Waals surface area contributed by atoms with Gasteiger partial charge >= 0.3 is 0 Å². The van der Waals surface area contributed by atoms with Gasteiger partial charge in [-0.05, 0) is 40.5 Å². The van der Waals surface area contributed by atoms with E-state index in [2.05, 4.69) is 35.9 Å². The van der Waals surface area contributed by atoms with Gasteiger partial charge in [-0.1, -0.05) is 6.07 Å². The van der Waals surface area contributed by atoms with E-state index in [4.69, 9.17) is 0 Å². The van der Waals surface area contributed by atoms with Gasteiger partial charge in [0.1, 0.15) is 10.7 Å². The van der Waals surface area contributed by atoms with Crippen LogP contribution in [-0.2, 0) is 16.6 Å². The number of anilines is 1. The van der Waals surface area contributed by atoms with Crippen LogP contribution in [0.5, 0.6) is 0 Å². The molecule has 21 heavy (non-hydrogen) atoms. The van der Waals surface area contributed by atoms with E-state index in [-0.39, 0.29) is 11.4 Å². The fraction of sp³-hybridized carbons (Fsp3) is 0.231. The summed E-state index contributed by atoms with van der Waals surface area (Å²) in [5.41, 5.74) is 0.786. The fourth-order valence-corrected chi connectivity index (χ4v) is 3.34. The first kappa shape index (κ1) is 15.9. The van der Waals surface area contributed by atoms with E-state index in [0.29, 0.717) is 16.8 Å². The number of rotatable bonds is 6. The Morgan fingerprint density at radius 2 is 2.14 bits per heavy atom. The maximum absolute atomic E-state index is 12.4. The summed E-state index contributed by atoms with van der Waals surface area (Å²) < 4.78 is 28.0. The van der Waals surface area contributed by atoms with Gasteiger partial charge in [0.2, 0.25) is 10.0 Å². The second-order valence-corrected chi connectivity index (χ2v) is 6.87. The van der Waals surface area contributed by atoms with Crippen molar-refractivity contribution in [1.29, 1.82) is 0 Å². The number of nitrogens with one attached hydrogen (secondary N) is 2. The number of aromatic nitrogens is 2. The van der Waals surface area contributed by atoms with Crippen LogP contribution < -0.4 is 10.0 Å². The molecule has 2 heterocycles. The molecular formula is C13H15BrN4O2S.